The van der Waals surface area contributed by atoms with Crippen LogP contribution >= 0.6 is 11.3 Å². The SMILES string of the molecule is Cc1oc2c(sc3ccoc32)c1C. The number of thiophene rings is 1. The summed E-state index contributed by atoms with van der Waals surface area (Å²) < 4.78 is 13.4. The van der Waals surface area contributed by atoms with Crippen molar-refractivity contribution < 1.29 is 8.83 Å². The van der Waals surface area contributed by atoms with Crippen molar-refractivity contribution in [3.05, 3.63) is 23.7 Å². The Bertz CT molecular complexity index is 582. The molecule has 0 aliphatic heterocycles. The Hall–Kier alpha value is -1.22. The molecule has 0 unspecified atom stereocenters. The summed E-state index contributed by atoms with van der Waals surface area (Å²) in [5.74, 6) is 0.986. The molecule has 0 amide bonds. The van der Waals surface area contributed by atoms with Crippen LogP contribution in [0.25, 0.3) is 20.6 Å². The van der Waals surface area contributed by atoms with Crippen LogP contribution in [0.4, 0.5) is 0 Å². The van der Waals surface area contributed by atoms with E-state index in [4.69, 9.17) is 8.83 Å². The number of aryl methyl sites for hydroxylation is 2. The minimum Gasteiger partial charge on any atom is -0.459 e. The average Bonchev–Trinajstić information content (AvgIpc) is 2.70. The lowest BCUT2D eigenvalue weighted by atomic mass is 10.3. The highest BCUT2D eigenvalue weighted by molar-refractivity contribution is 7.25. The first-order chi connectivity index (χ1) is 6.27. The molecule has 3 heterocycles. The fourth-order valence-electron chi connectivity index (χ4n) is 1.53. The van der Waals surface area contributed by atoms with E-state index in [1.807, 2.05) is 13.0 Å². The summed E-state index contributed by atoms with van der Waals surface area (Å²) in [6.45, 7) is 4.06. The van der Waals surface area contributed by atoms with Crippen molar-refractivity contribution in [2.75, 3.05) is 0 Å². The summed E-state index contributed by atoms with van der Waals surface area (Å²) >= 11 is 1.73. The van der Waals surface area contributed by atoms with E-state index in [2.05, 4.69) is 6.92 Å². The predicted octanol–water partition coefficient (Wildman–Crippen LogP) is 3.86. The van der Waals surface area contributed by atoms with Crippen molar-refractivity contribution in [2.45, 2.75) is 13.8 Å². The second-order valence-corrected chi connectivity index (χ2v) is 4.21. The molecule has 3 rings (SSSR count). The van der Waals surface area contributed by atoms with Crippen LogP contribution in [0.5, 0.6) is 0 Å². The van der Waals surface area contributed by atoms with Gasteiger partial charge >= 0.3 is 0 Å². The molecule has 0 N–H and O–H groups in total. The Kier molecular flexibility index (Phi) is 1.21. The third kappa shape index (κ3) is 0.773. The fourth-order valence-corrected chi connectivity index (χ4v) is 2.63. The maximum Gasteiger partial charge on any atom is 0.188 e. The van der Waals surface area contributed by atoms with Crippen molar-refractivity contribution in [2.24, 2.45) is 0 Å². The predicted molar refractivity (Wildman–Crippen MR) is 53.3 cm³/mol. The Labute approximate surface area is 78.8 Å². The molecule has 0 saturated carbocycles. The molecule has 0 atom stereocenters. The molecule has 0 saturated heterocycles. The van der Waals surface area contributed by atoms with Crippen LogP contribution in [0.1, 0.15) is 11.3 Å². The van der Waals surface area contributed by atoms with Gasteiger partial charge in [-0.25, -0.2) is 0 Å². The Morgan fingerprint density at radius 3 is 2.92 bits per heavy atom. The van der Waals surface area contributed by atoms with Crippen LogP contribution in [-0.2, 0) is 0 Å². The van der Waals surface area contributed by atoms with Crippen LogP contribution in [0.15, 0.2) is 21.2 Å². The van der Waals surface area contributed by atoms with Gasteiger partial charge in [0.05, 0.1) is 15.7 Å². The minimum atomic E-state index is 0.885. The minimum absolute atomic E-state index is 0.885. The Balaban J connectivity index is 2.63. The Morgan fingerprint density at radius 2 is 2.08 bits per heavy atom. The molecule has 3 heteroatoms. The zero-order valence-electron chi connectivity index (χ0n) is 7.38. The van der Waals surface area contributed by atoms with Crippen LogP contribution < -0.4 is 0 Å². The van der Waals surface area contributed by atoms with Crippen molar-refractivity contribution in [3.63, 3.8) is 0 Å². The first-order valence-corrected chi connectivity index (χ1v) is 4.94. The maximum absolute atomic E-state index is 5.63. The van der Waals surface area contributed by atoms with Crippen LogP contribution in [-0.4, -0.2) is 0 Å². The molecule has 0 aromatic carbocycles. The molecule has 2 nitrogen and oxygen atoms in total. The first kappa shape index (κ1) is 7.21. The van der Waals surface area contributed by atoms with Crippen LogP contribution in [0.3, 0.4) is 0 Å². The van der Waals surface area contributed by atoms with E-state index in [1.165, 1.54) is 10.3 Å². The quantitative estimate of drug-likeness (QED) is 0.540. The van der Waals surface area contributed by atoms with Gasteiger partial charge in [-0.1, -0.05) is 0 Å². The van der Waals surface area contributed by atoms with Crippen LogP contribution in [0, 0.1) is 13.8 Å². The van der Waals surface area contributed by atoms with Crippen molar-refractivity contribution in [1.82, 2.24) is 0 Å². The van der Waals surface area contributed by atoms with E-state index in [0.717, 1.165) is 21.6 Å². The van der Waals surface area contributed by atoms with Gasteiger partial charge in [0.25, 0.3) is 0 Å². The second-order valence-electron chi connectivity index (χ2n) is 3.16. The number of furan rings is 2. The summed E-state index contributed by atoms with van der Waals surface area (Å²) in [6.07, 6.45) is 1.70. The van der Waals surface area contributed by atoms with E-state index < -0.39 is 0 Å². The van der Waals surface area contributed by atoms with Crippen molar-refractivity contribution >= 4 is 31.9 Å². The van der Waals surface area contributed by atoms with E-state index >= 15 is 0 Å². The van der Waals surface area contributed by atoms with Gasteiger partial charge in [-0.3, -0.25) is 0 Å². The highest BCUT2D eigenvalue weighted by atomic mass is 32.1. The lowest BCUT2D eigenvalue weighted by Gasteiger charge is -1.83. The van der Waals surface area contributed by atoms with Gasteiger partial charge in [-0.2, -0.15) is 0 Å². The highest BCUT2D eigenvalue weighted by Crippen LogP contribution is 2.38. The van der Waals surface area contributed by atoms with Gasteiger partial charge < -0.3 is 8.83 Å². The highest BCUT2D eigenvalue weighted by Gasteiger charge is 2.15. The molecule has 3 aromatic rings. The molecule has 0 radical (unpaired) electrons. The number of fused-ring (bicyclic) bond motifs is 3. The van der Waals surface area contributed by atoms with E-state index in [1.54, 1.807) is 17.6 Å². The monoisotopic (exact) mass is 192 g/mol. The largest absolute Gasteiger partial charge is 0.459 e. The van der Waals surface area contributed by atoms with Gasteiger partial charge in [0.2, 0.25) is 0 Å². The molecule has 0 spiro atoms. The van der Waals surface area contributed by atoms with Gasteiger partial charge in [-0.05, 0) is 19.9 Å². The smallest absolute Gasteiger partial charge is 0.188 e. The van der Waals surface area contributed by atoms with Crippen molar-refractivity contribution in [3.8, 4) is 0 Å². The third-order valence-electron chi connectivity index (χ3n) is 2.38. The second kappa shape index (κ2) is 2.17. The molecule has 0 fully saturated rings. The van der Waals surface area contributed by atoms with E-state index in [0.29, 0.717) is 0 Å². The molecule has 0 aliphatic rings. The summed E-state index contributed by atoms with van der Waals surface area (Å²) in [5.41, 5.74) is 3.02. The summed E-state index contributed by atoms with van der Waals surface area (Å²) in [4.78, 5) is 0. The lowest BCUT2D eigenvalue weighted by molar-refractivity contribution is 0.559. The van der Waals surface area contributed by atoms with E-state index in [-0.39, 0.29) is 0 Å². The molecule has 0 aliphatic carbocycles. The zero-order chi connectivity index (χ0) is 9.00. The molecule has 66 valence electrons. The number of hydrogen-bond donors (Lipinski definition) is 0. The Morgan fingerprint density at radius 1 is 1.23 bits per heavy atom. The van der Waals surface area contributed by atoms with Gasteiger partial charge in [0.15, 0.2) is 11.2 Å². The standard InChI is InChI=1S/C10H8O2S/c1-5-6(2)12-9-8-7(3-4-11-8)13-10(5)9/h3-4H,1-2H3. The number of hydrogen-bond acceptors (Lipinski definition) is 3. The van der Waals surface area contributed by atoms with Gasteiger partial charge in [0.1, 0.15) is 5.76 Å². The van der Waals surface area contributed by atoms with Crippen LogP contribution in [0.2, 0.25) is 0 Å². The fraction of sp³-hybridized carbons (Fsp3) is 0.200. The van der Waals surface area contributed by atoms with Gasteiger partial charge in [0, 0.05) is 5.56 Å². The zero-order valence-corrected chi connectivity index (χ0v) is 8.20. The molecular weight excluding hydrogens is 184 g/mol. The molecule has 3 aromatic heterocycles. The summed E-state index contributed by atoms with van der Waals surface area (Å²) in [5, 5.41) is 0. The maximum atomic E-state index is 5.63. The van der Waals surface area contributed by atoms with Crippen molar-refractivity contribution in [1.29, 1.82) is 0 Å². The van der Waals surface area contributed by atoms with Gasteiger partial charge in [-0.15, -0.1) is 11.3 Å². The number of rotatable bonds is 0. The average molecular weight is 192 g/mol. The molecule has 0 bridgehead atoms. The lowest BCUT2D eigenvalue weighted by Crippen LogP contribution is -1.65. The summed E-state index contributed by atoms with van der Waals surface area (Å²) in [6, 6.07) is 1.98. The van der Waals surface area contributed by atoms with E-state index in [9.17, 15) is 0 Å². The molecular formula is C10H8O2S. The topological polar surface area (TPSA) is 26.3 Å². The normalized spacial score (nSPS) is 11.8. The summed E-state index contributed by atoms with van der Waals surface area (Å²) in [7, 11) is 0. The third-order valence-corrected chi connectivity index (χ3v) is 3.61. The molecule has 13 heavy (non-hydrogen) atoms. The first-order valence-electron chi connectivity index (χ1n) is 4.13.